The third kappa shape index (κ3) is 13.3. The predicted molar refractivity (Wildman–Crippen MR) is 152 cm³/mol. The number of nitrogens with zero attached hydrogens (tertiary/aromatic N) is 1. The molecule has 1 heterocycles. The number of amides is 2. The van der Waals surface area contributed by atoms with Crippen LogP contribution in [0.3, 0.4) is 0 Å². The number of carbonyl (C=O) groups is 2. The second kappa shape index (κ2) is 22.1. The normalized spacial score (nSPS) is 12.6. The van der Waals surface area contributed by atoms with E-state index in [0.717, 1.165) is 18.4 Å². The topological polar surface area (TPSA) is 49.4 Å². The molecule has 0 aliphatic carbocycles. The van der Waals surface area contributed by atoms with Crippen LogP contribution in [-0.4, -0.2) is 11.8 Å². The molecular formula is C31H44N2O2U. The number of anilines is 1. The van der Waals surface area contributed by atoms with Gasteiger partial charge in [-0.3, -0.25) is 15.0 Å². The molecule has 0 radical (unpaired) electrons. The minimum absolute atomic E-state index is 0. The number of benzene rings is 2. The molecule has 36 heavy (non-hydrogen) atoms. The summed E-state index contributed by atoms with van der Waals surface area (Å²) in [6, 6.07) is 16.4. The van der Waals surface area contributed by atoms with E-state index >= 15 is 0 Å². The number of hydrogen-bond acceptors (Lipinski definition) is 2. The molecule has 0 saturated carbocycles. The molecule has 1 unspecified atom stereocenters. The van der Waals surface area contributed by atoms with Gasteiger partial charge >= 0.3 is 31.1 Å². The largest absolute Gasteiger partial charge is 2.00 e. The average molecular weight is 715 g/mol. The molecule has 0 spiro atoms. The molecule has 1 saturated heterocycles. The van der Waals surface area contributed by atoms with Gasteiger partial charge in [0.05, 0.1) is 5.69 Å². The van der Waals surface area contributed by atoms with Gasteiger partial charge in [0.1, 0.15) is 6.42 Å². The van der Waals surface area contributed by atoms with Crippen LogP contribution in [0.25, 0.3) is 12.2 Å². The summed E-state index contributed by atoms with van der Waals surface area (Å²) in [7, 11) is 0. The molecular weight excluding hydrogens is 670 g/mol. The molecule has 2 aromatic rings. The number of carbonyl (C=O) groups excluding carboxylic acids is 2. The Morgan fingerprint density at radius 1 is 1.14 bits per heavy atom. The predicted octanol–water partition coefficient (Wildman–Crippen LogP) is 7.85. The summed E-state index contributed by atoms with van der Waals surface area (Å²) >= 11 is 0. The monoisotopic (exact) mass is 714 g/mol. The van der Waals surface area contributed by atoms with Crippen LogP contribution in [0.2, 0.25) is 0 Å². The van der Waals surface area contributed by atoms with Crippen LogP contribution in [0.5, 0.6) is 0 Å². The van der Waals surface area contributed by atoms with Gasteiger partial charge in [-0.25, -0.2) is 5.01 Å². The van der Waals surface area contributed by atoms with Crippen molar-refractivity contribution in [1.82, 2.24) is 5.43 Å². The van der Waals surface area contributed by atoms with Gasteiger partial charge in [-0.15, -0.1) is 59.7 Å². The van der Waals surface area contributed by atoms with Crippen molar-refractivity contribution in [3.05, 3.63) is 84.8 Å². The summed E-state index contributed by atoms with van der Waals surface area (Å²) in [5.74, 6) is 0.154. The van der Waals surface area contributed by atoms with Gasteiger partial charge in [0.25, 0.3) is 5.91 Å². The Bertz CT molecular complexity index is 908. The summed E-state index contributed by atoms with van der Waals surface area (Å²) in [5, 5.41) is 1.27. The maximum absolute atomic E-state index is 11.2. The van der Waals surface area contributed by atoms with Gasteiger partial charge in [0.2, 0.25) is 5.91 Å². The number of unbranched alkanes of at least 4 members (excludes halogenated alkanes) is 1. The van der Waals surface area contributed by atoms with Crippen LogP contribution in [0, 0.1) is 50.0 Å². The van der Waals surface area contributed by atoms with Gasteiger partial charge in [0.15, 0.2) is 0 Å². The van der Waals surface area contributed by atoms with E-state index in [-0.39, 0.29) is 49.3 Å². The van der Waals surface area contributed by atoms with Gasteiger partial charge in [0, 0.05) is 0 Å². The van der Waals surface area contributed by atoms with Gasteiger partial charge in [-0.1, -0.05) is 72.6 Å². The average Bonchev–Trinajstić information content (AvgIpc) is 3.26. The minimum Gasteiger partial charge on any atom is -0.343 e. The zero-order chi connectivity index (χ0) is 26.6. The number of rotatable bonds is 7. The zero-order valence-corrected chi connectivity index (χ0v) is 27.2. The van der Waals surface area contributed by atoms with E-state index in [1.54, 1.807) is 12.1 Å². The van der Waals surface area contributed by atoms with Crippen LogP contribution < -0.4 is 10.4 Å². The Labute approximate surface area is 244 Å². The molecule has 1 aliphatic heterocycles. The molecule has 0 aromatic heterocycles. The van der Waals surface area contributed by atoms with E-state index in [2.05, 4.69) is 70.9 Å². The molecule has 194 valence electrons. The number of hydrazine groups is 1. The number of nitrogens with one attached hydrogen (secondary N) is 1. The van der Waals surface area contributed by atoms with Crippen molar-refractivity contribution < 1.29 is 40.7 Å². The first-order chi connectivity index (χ1) is 16.9. The number of para-hydroxylation sites is 1. The van der Waals surface area contributed by atoms with Gasteiger partial charge in [-0.2, -0.15) is 6.42 Å². The van der Waals surface area contributed by atoms with Crippen LogP contribution in [0.1, 0.15) is 83.9 Å². The minimum atomic E-state index is -0.256. The van der Waals surface area contributed by atoms with Crippen LogP contribution in [0.15, 0.2) is 55.1 Å². The molecule has 1 atom stereocenters. The van der Waals surface area contributed by atoms with Crippen molar-refractivity contribution in [2.24, 2.45) is 5.92 Å². The first-order valence-electron chi connectivity index (χ1n) is 12.7. The fourth-order valence-corrected chi connectivity index (χ4v) is 2.88. The second-order valence-electron chi connectivity index (χ2n) is 7.76. The first kappa shape index (κ1) is 36.1. The quantitative estimate of drug-likeness (QED) is 0.235. The molecule has 5 heteroatoms. The fraction of sp³-hybridized carbons (Fsp3) is 0.387. The number of allylic oxidation sites excluding steroid dienone is 1. The molecule has 2 amide bonds. The van der Waals surface area contributed by atoms with Crippen molar-refractivity contribution in [1.29, 1.82) is 0 Å². The summed E-state index contributed by atoms with van der Waals surface area (Å²) in [6.45, 7) is 20.2. The van der Waals surface area contributed by atoms with Crippen molar-refractivity contribution in [2.45, 2.75) is 73.6 Å². The molecule has 2 aromatic carbocycles. The third-order valence-electron chi connectivity index (χ3n) is 5.15. The van der Waals surface area contributed by atoms with E-state index in [0.29, 0.717) is 11.6 Å². The molecule has 0 bridgehead atoms. The molecule has 4 nitrogen and oxygen atoms in total. The first-order valence-corrected chi connectivity index (χ1v) is 12.7. The van der Waals surface area contributed by atoms with E-state index in [1.165, 1.54) is 29.0 Å². The van der Waals surface area contributed by atoms with Crippen LogP contribution >= 0.6 is 0 Å². The molecule has 3 rings (SSSR count). The Balaban J connectivity index is 0. The van der Waals surface area contributed by atoms with Gasteiger partial charge in [-0.05, 0) is 24.5 Å². The van der Waals surface area contributed by atoms with E-state index in [4.69, 9.17) is 0 Å². The van der Waals surface area contributed by atoms with Crippen molar-refractivity contribution in [3.63, 3.8) is 0 Å². The molecule has 1 fully saturated rings. The number of aryl methyl sites for hydroxylation is 1. The van der Waals surface area contributed by atoms with Crippen LogP contribution in [0.4, 0.5) is 5.69 Å². The smallest absolute Gasteiger partial charge is 0.343 e. The van der Waals surface area contributed by atoms with E-state index in [9.17, 15) is 9.59 Å². The number of hydrogen-bond donors (Lipinski definition) is 1. The maximum Gasteiger partial charge on any atom is 2.00 e. The van der Waals surface area contributed by atoms with Crippen LogP contribution in [-0.2, 0) is 16.0 Å². The SMILES string of the molecule is C=Cc1c(/C=C\C(C)CC)[c-]ccc1CC.CC.O=C1CC(=O)N(c2ccccc2)N1.[CH2-]CCC.[U+2]. The van der Waals surface area contributed by atoms with Crippen molar-refractivity contribution in [2.75, 3.05) is 5.01 Å². The summed E-state index contributed by atoms with van der Waals surface area (Å²) < 4.78 is 0. The molecule has 1 N–H and O–H groups in total. The summed E-state index contributed by atoms with van der Waals surface area (Å²) in [4.78, 5) is 22.1. The summed E-state index contributed by atoms with van der Waals surface area (Å²) in [6.07, 6.45) is 10.8. The van der Waals surface area contributed by atoms with Crippen molar-refractivity contribution >= 4 is 29.7 Å². The maximum atomic E-state index is 11.2. The Morgan fingerprint density at radius 2 is 1.75 bits per heavy atom. The van der Waals surface area contributed by atoms with E-state index in [1.807, 2.05) is 44.2 Å². The molecule has 1 aliphatic rings. The zero-order valence-electron chi connectivity index (χ0n) is 23.1. The second-order valence-corrected chi connectivity index (χ2v) is 7.76. The fourth-order valence-electron chi connectivity index (χ4n) is 2.88. The Hall–Kier alpha value is -2.09. The summed E-state index contributed by atoms with van der Waals surface area (Å²) in [5.41, 5.74) is 6.89. The van der Waals surface area contributed by atoms with E-state index < -0.39 is 0 Å². The Morgan fingerprint density at radius 3 is 2.19 bits per heavy atom. The Kier molecular flexibility index (Phi) is 22.2. The van der Waals surface area contributed by atoms with Gasteiger partial charge < -0.3 is 6.92 Å². The standard InChI is InChI=1S/C16H21.C9H8N2O2.C4H9.C2H6.U/c1-5-13(4)11-12-15-10-8-9-14(6-2)16(15)7-3;12-8-6-9(13)11(10-8)7-4-2-1-3-5-7;1-3-4-2;1-2;/h7-9,11-13H,3,5-6H2,1-2,4H3;1-5H,6H2,(H,10,12);1,3-4H2,2H3;1-2H3;/q-1;;-1;;+2/b12-11-;;;;. The van der Waals surface area contributed by atoms with Crippen molar-refractivity contribution in [3.8, 4) is 0 Å². The third-order valence-corrected chi connectivity index (χ3v) is 5.15.